The van der Waals surface area contributed by atoms with Gasteiger partial charge in [0.1, 0.15) is 0 Å². The molecule has 0 heterocycles. The molecule has 22 heavy (non-hydrogen) atoms. The van der Waals surface area contributed by atoms with Crippen LogP contribution in [0, 0.1) is 26.9 Å². The molecule has 0 spiro atoms. The Morgan fingerprint density at radius 1 is 1.36 bits per heavy atom. The molecule has 2 fully saturated rings. The molecule has 2 saturated carbocycles. The largest absolute Gasteiger partial charge is 0.348 e. The second-order valence-electron chi connectivity index (χ2n) is 7.63. The van der Waals surface area contributed by atoms with Gasteiger partial charge in [-0.15, -0.1) is 0 Å². The first-order valence-electron chi connectivity index (χ1n) is 7.79. The number of nitro benzene ring substituents is 1. The lowest BCUT2D eigenvalue weighted by Gasteiger charge is -2.43. The van der Waals surface area contributed by atoms with E-state index in [9.17, 15) is 14.9 Å². The number of hydrogen-bond acceptors (Lipinski definition) is 3. The van der Waals surface area contributed by atoms with Crippen LogP contribution in [0.3, 0.4) is 0 Å². The van der Waals surface area contributed by atoms with Crippen LogP contribution in [0.25, 0.3) is 0 Å². The van der Waals surface area contributed by atoms with Crippen LogP contribution in [0.15, 0.2) is 24.3 Å². The number of rotatable bonds is 3. The first-order chi connectivity index (χ1) is 10.2. The maximum atomic E-state index is 12.5. The van der Waals surface area contributed by atoms with Gasteiger partial charge >= 0.3 is 0 Å². The Hall–Kier alpha value is -1.91. The van der Waals surface area contributed by atoms with Crippen molar-refractivity contribution in [3.63, 3.8) is 0 Å². The number of nitrogens with zero attached hydrogens (tertiary/aromatic N) is 1. The minimum absolute atomic E-state index is 0.0499. The molecular weight excluding hydrogens is 280 g/mol. The van der Waals surface area contributed by atoms with E-state index in [0.29, 0.717) is 11.5 Å². The summed E-state index contributed by atoms with van der Waals surface area (Å²) in [6, 6.07) is 6.05. The lowest BCUT2D eigenvalue weighted by Crippen LogP contribution is -2.52. The summed E-state index contributed by atoms with van der Waals surface area (Å²) in [6.45, 7) is 6.70. The van der Waals surface area contributed by atoms with E-state index in [2.05, 4.69) is 26.1 Å². The molecule has 1 N–H and O–H groups in total. The zero-order valence-corrected chi connectivity index (χ0v) is 13.3. The molecule has 0 saturated heterocycles. The molecule has 0 aromatic heterocycles. The molecule has 2 aliphatic rings. The predicted molar refractivity (Wildman–Crippen MR) is 83.6 cm³/mol. The van der Waals surface area contributed by atoms with Crippen LogP contribution in [0.1, 0.15) is 50.4 Å². The van der Waals surface area contributed by atoms with Crippen molar-refractivity contribution in [3.05, 3.63) is 39.9 Å². The zero-order valence-electron chi connectivity index (χ0n) is 13.3. The summed E-state index contributed by atoms with van der Waals surface area (Å²) < 4.78 is 0. The van der Waals surface area contributed by atoms with Gasteiger partial charge in [-0.3, -0.25) is 14.9 Å². The van der Waals surface area contributed by atoms with Gasteiger partial charge < -0.3 is 5.32 Å². The van der Waals surface area contributed by atoms with E-state index < -0.39 is 4.92 Å². The molecule has 3 rings (SSSR count). The number of hydrogen-bond donors (Lipinski definition) is 1. The number of carbonyl (C=O) groups excluding carboxylic acids is 1. The van der Waals surface area contributed by atoms with E-state index in [1.165, 1.54) is 18.6 Å². The van der Waals surface area contributed by atoms with Gasteiger partial charge in [-0.25, -0.2) is 0 Å². The summed E-state index contributed by atoms with van der Waals surface area (Å²) in [5, 5.41) is 14.0. The summed E-state index contributed by atoms with van der Waals surface area (Å²) in [5.74, 6) is 0.434. The smallest absolute Gasteiger partial charge is 0.270 e. The predicted octanol–water partition coefficient (Wildman–Crippen LogP) is 3.54. The van der Waals surface area contributed by atoms with Crippen molar-refractivity contribution in [2.75, 3.05) is 0 Å². The van der Waals surface area contributed by atoms with Crippen LogP contribution in [-0.4, -0.2) is 16.9 Å². The van der Waals surface area contributed by atoms with Crippen molar-refractivity contribution < 1.29 is 9.72 Å². The summed E-state index contributed by atoms with van der Waals surface area (Å²) in [5.41, 5.74) is 0.524. The van der Waals surface area contributed by atoms with Crippen molar-refractivity contribution in [1.82, 2.24) is 5.32 Å². The Kier molecular flexibility index (Phi) is 3.27. The third-order valence-electron chi connectivity index (χ3n) is 5.86. The summed E-state index contributed by atoms with van der Waals surface area (Å²) in [6.07, 6.45) is 3.52. The first-order valence-corrected chi connectivity index (χ1v) is 7.79. The van der Waals surface area contributed by atoms with E-state index >= 15 is 0 Å². The van der Waals surface area contributed by atoms with Crippen LogP contribution in [-0.2, 0) is 0 Å². The van der Waals surface area contributed by atoms with Crippen LogP contribution in [0.2, 0.25) is 0 Å². The second kappa shape index (κ2) is 4.80. The number of benzene rings is 1. The lowest BCUT2D eigenvalue weighted by atomic mass is 9.68. The van der Waals surface area contributed by atoms with Gasteiger partial charge in [-0.2, -0.15) is 0 Å². The minimum Gasteiger partial charge on any atom is -0.348 e. The molecule has 3 atom stereocenters. The van der Waals surface area contributed by atoms with Crippen molar-refractivity contribution in [2.24, 2.45) is 16.7 Å². The Bertz CT molecular complexity index is 636. The molecule has 1 amide bonds. The standard InChI is InChI=1S/C17H22N2O3/c1-16(2)12-7-8-17(3,10-12)15(16)18-14(20)11-5-4-6-13(9-11)19(21)22/h4-6,9,12,15H,7-8,10H2,1-3H3,(H,18,20)/t12-,15+,17+/m1/s1. The van der Waals surface area contributed by atoms with Gasteiger partial charge in [-0.05, 0) is 42.1 Å². The topological polar surface area (TPSA) is 72.2 Å². The van der Waals surface area contributed by atoms with Crippen LogP contribution < -0.4 is 5.32 Å². The molecule has 2 bridgehead atoms. The number of amides is 1. The molecule has 118 valence electrons. The molecule has 1 aromatic rings. The molecule has 0 radical (unpaired) electrons. The number of non-ortho nitro benzene ring substituents is 1. The molecule has 5 nitrogen and oxygen atoms in total. The molecular formula is C17H22N2O3. The van der Waals surface area contributed by atoms with Gasteiger partial charge in [0.2, 0.25) is 0 Å². The average molecular weight is 302 g/mol. The fourth-order valence-electron chi connectivity index (χ4n) is 4.64. The maximum Gasteiger partial charge on any atom is 0.270 e. The van der Waals surface area contributed by atoms with E-state index in [-0.39, 0.29) is 28.5 Å². The van der Waals surface area contributed by atoms with E-state index in [4.69, 9.17) is 0 Å². The third-order valence-corrected chi connectivity index (χ3v) is 5.86. The molecule has 2 aliphatic carbocycles. The van der Waals surface area contributed by atoms with Crippen LogP contribution in [0.4, 0.5) is 5.69 Å². The van der Waals surface area contributed by atoms with E-state index in [1.54, 1.807) is 12.1 Å². The summed E-state index contributed by atoms with van der Waals surface area (Å²) in [7, 11) is 0. The van der Waals surface area contributed by atoms with E-state index in [1.807, 2.05) is 0 Å². The Balaban J connectivity index is 1.83. The highest BCUT2D eigenvalue weighted by Crippen LogP contribution is 2.62. The maximum absolute atomic E-state index is 12.5. The van der Waals surface area contributed by atoms with Gasteiger partial charge in [0.15, 0.2) is 0 Å². The quantitative estimate of drug-likeness (QED) is 0.685. The minimum atomic E-state index is -0.473. The number of fused-ring (bicyclic) bond motifs is 2. The van der Waals surface area contributed by atoms with Gasteiger partial charge in [0.25, 0.3) is 11.6 Å². The van der Waals surface area contributed by atoms with Gasteiger partial charge in [-0.1, -0.05) is 26.8 Å². The normalized spacial score (nSPS) is 32.0. The highest BCUT2D eigenvalue weighted by molar-refractivity contribution is 5.95. The van der Waals surface area contributed by atoms with Crippen molar-refractivity contribution in [2.45, 2.75) is 46.1 Å². The van der Waals surface area contributed by atoms with Crippen molar-refractivity contribution >= 4 is 11.6 Å². The number of carbonyl (C=O) groups is 1. The highest BCUT2D eigenvalue weighted by Gasteiger charge is 2.59. The fraction of sp³-hybridized carbons (Fsp3) is 0.588. The number of nitro groups is 1. The van der Waals surface area contributed by atoms with Crippen molar-refractivity contribution in [3.8, 4) is 0 Å². The van der Waals surface area contributed by atoms with Crippen LogP contribution >= 0.6 is 0 Å². The summed E-state index contributed by atoms with van der Waals surface area (Å²) in [4.78, 5) is 22.9. The highest BCUT2D eigenvalue weighted by atomic mass is 16.6. The Morgan fingerprint density at radius 3 is 2.68 bits per heavy atom. The summed E-state index contributed by atoms with van der Waals surface area (Å²) >= 11 is 0. The SMILES string of the molecule is CC1(C)[C@@H]2CC[C@@](C)(C2)[C@H]1NC(=O)c1cccc([N+](=O)[O-])c1. The van der Waals surface area contributed by atoms with Crippen LogP contribution in [0.5, 0.6) is 0 Å². The number of nitrogens with one attached hydrogen (secondary N) is 1. The monoisotopic (exact) mass is 302 g/mol. The van der Waals surface area contributed by atoms with Crippen molar-refractivity contribution in [1.29, 1.82) is 0 Å². The fourth-order valence-corrected chi connectivity index (χ4v) is 4.64. The van der Waals surface area contributed by atoms with E-state index in [0.717, 1.165) is 12.8 Å². The third kappa shape index (κ3) is 2.19. The molecule has 5 heteroatoms. The molecule has 0 unspecified atom stereocenters. The Morgan fingerprint density at radius 2 is 2.09 bits per heavy atom. The Labute approximate surface area is 130 Å². The second-order valence-corrected chi connectivity index (χ2v) is 7.63. The molecule has 1 aromatic carbocycles. The molecule has 0 aliphatic heterocycles. The van der Waals surface area contributed by atoms with Gasteiger partial charge in [0.05, 0.1) is 4.92 Å². The first kappa shape index (κ1) is 15.0. The van der Waals surface area contributed by atoms with Gasteiger partial charge in [0, 0.05) is 23.7 Å². The zero-order chi connectivity index (χ0) is 16.1. The average Bonchev–Trinajstić information content (AvgIpc) is 2.94. The lowest BCUT2D eigenvalue weighted by molar-refractivity contribution is -0.384.